The number of carbonyl (C=O) groups is 4. The SMILES string of the molecule is CCCCCCCCCCCCCC(=O)OC[C@H](COP(=O)(O)OC[C@H](O)COP(=O)(O)OC[C@@H](COC(=O)CCCCCCCCCCCC(C)C)OC(=O)CCCCCCCCCCCCC(C)CC)OC(=O)CCCCCCCCCCCCC. The second-order valence-corrected chi connectivity index (χ2v) is 28.5. The van der Waals surface area contributed by atoms with E-state index in [9.17, 15) is 43.2 Å². The van der Waals surface area contributed by atoms with Crippen LogP contribution in [0.1, 0.15) is 350 Å². The van der Waals surface area contributed by atoms with Crippen LogP contribution in [0.2, 0.25) is 0 Å². The molecule has 0 radical (unpaired) electrons. The van der Waals surface area contributed by atoms with Crippen molar-refractivity contribution in [2.24, 2.45) is 11.8 Å². The van der Waals surface area contributed by atoms with Gasteiger partial charge in [-0.3, -0.25) is 37.3 Å². The minimum Gasteiger partial charge on any atom is -0.462 e. The first-order valence-electron chi connectivity index (χ1n) is 36.0. The molecule has 0 aromatic rings. The zero-order valence-corrected chi connectivity index (χ0v) is 58.8. The lowest BCUT2D eigenvalue weighted by molar-refractivity contribution is -0.161. The summed E-state index contributed by atoms with van der Waals surface area (Å²) >= 11 is 0. The lowest BCUT2D eigenvalue weighted by atomic mass is 9.99. The van der Waals surface area contributed by atoms with Gasteiger partial charge in [-0.1, -0.05) is 298 Å². The van der Waals surface area contributed by atoms with E-state index in [1.54, 1.807) is 0 Å². The van der Waals surface area contributed by atoms with E-state index in [0.29, 0.717) is 25.7 Å². The largest absolute Gasteiger partial charge is 0.472 e. The van der Waals surface area contributed by atoms with Crippen molar-refractivity contribution in [3.8, 4) is 0 Å². The van der Waals surface area contributed by atoms with E-state index in [1.807, 2.05) is 0 Å². The van der Waals surface area contributed by atoms with Crippen LogP contribution in [0.15, 0.2) is 0 Å². The number of aliphatic hydroxyl groups is 1. The molecule has 522 valence electrons. The molecule has 17 nitrogen and oxygen atoms in total. The molecule has 0 aliphatic rings. The Balaban J connectivity index is 5.26. The molecule has 0 aromatic carbocycles. The van der Waals surface area contributed by atoms with Gasteiger partial charge in [-0.25, -0.2) is 9.13 Å². The maximum atomic E-state index is 13.0. The first-order valence-corrected chi connectivity index (χ1v) is 39.0. The minimum absolute atomic E-state index is 0.106. The summed E-state index contributed by atoms with van der Waals surface area (Å²) < 4.78 is 68.2. The van der Waals surface area contributed by atoms with Crippen LogP contribution in [0.3, 0.4) is 0 Å². The number of aliphatic hydroxyl groups excluding tert-OH is 1. The minimum atomic E-state index is -4.95. The molecule has 3 unspecified atom stereocenters. The normalized spacial score (nSPS) is 14.5. The van der Waals surface area contributed by atoms with Gasteiger partial charge in [0.1, 0.15) is 19.3 Å². The van der Waals surface area contributed by atoms with Gasteiger partial charge < -0.3 is 33.8 Å². The standard InChI is InChI=1S/C69H134O17P2/c1-7-10-12-14-16-18-20-27-33-39-45-51-66(71)79-57-64(85-68(73)53-47-41-35-28-21-19-17-15-13-11-8-2)59-83-87(75,76)81-55-63(70)56-82-88(77,78)84-60-65(58-80-67(72)52-46-40-34-30-24-25-31-37-43-49-61(4)5)86-69(74)54-48-42-36-29-23-22-26-32-38-44-50-62(6)9-3/h61-65,70H,7-60H2,1-6H3,(H,75,76)(H,77,78)/t62?,63-,64+,65+/m0/s1. The van der Waals surface area contributed by atoms with Gasteiger partial charge in [-0.15, -0.1) is 0 Å². The number of esters is 4. The molecule has 0 bridgehead atoms. The molecule has 0 aromatic heterocycles. The first-order chi connectivity index (χ1) is 42.4. The van der Waals surface area contributed by atoms with Gasteiger partial charge in [0.2, 0.25) is 0 Å². The highest BCUT2D eigenvalue weighted by atomic mass is 31.2. The lowest BCUT2D eigenvalue weighted by Gasteiger charge is -2.21. The van der Waals surface area contributed by atoms with Crippen LogP contribution in [0.5, 0.6) is 0 Å². The Morgan fingerprint density at radius 3 is 0.864 bits per heavy atom. The molecule has 0 spiro atoms. The van der Waals surface area contributed by atoms with Gasteiger partial charge >= 0.3 is 39.5 Å². The van der Waals surface area contributed by atoms with E-state index in [-0.39, 0.29) is 25.7 Å². The van der Waals surface area contributed by atoms with Crippen LogP contribution in [-0.2, 0) is 65.4 Å². The van der Waals surface area contributed by atoms with Crippen LogP contribution < -0.4 is 0 Å². The van der Waals surface area contributed by atoms with Crippen molar-refractivity contribution < 1.29 is 80.2 Å². The average Bonchev–Trinajstić information content (AvgIpc) is 3.59. The maximum Gasteiger partial charge on any atom is 0.472 e. The number of unbranched alkanes of at least 4 members (excludes halogenated alkanes) is 37. The summed E-state index contributed by atoms with van der Waals surface area (Å²) in [4.78, 5) is 72.5. The van der Waals surface area contributed by atoms with Crippen LogP contribution in [0.25, 0.3) is 0 Å². The van der Waals surface area contributed by atoms with E-state index >= 15 is 0 Å². The van der Waals surface area contributed by atoms with Crippen molar-refractivity contribution in [3.05, 3.63) is 0 Å². The second kappa shape index (κ2) is 61.3. The molecule has 0 rings (SSSR count). The van der Waals surface area contributed by atoms with Gasteiger partial charge in [-0.05, 0) is 37.5 Å². The highest BCUT2D eigenvalue weighted by Crippen LogP contribution is 2.45. The third kappa shape index (κ3) is 61.6. The number of phosphoric ester groups is 2. The second-order valence-electron chi connectivity index (χ2n) is 25.6. The molecule has 3 N–H and O–H groups in total. The molecule has 0 fully saturated rings. The zero-order valence-electron chi connectivity index (χ0n) is 57.0. The van der Waals surface area contributed by atoms with E-state index in [2.05, 4.69) is 41.5 Å². The third-order valence-corrected chi connectivity index (χ3v) is 18.2. The first kappa shape index (κ1) is 86.1. The van der Waals surface area contributed by atoms with E-state index in [0.717, 1.165) is 102 Å². The fourth-order valence-electron chi connectivity index (χ4n) is 10.4. The summed E-state index contributed by atoms with van der Waals surface area (Å²) in [5.74, 6) is -0.578. The number of ether oxygens (including phenoxy) is 4. The summed E-state index contributed by atoms with van der Waals surface area (Å²) in [7, 11) is -9.90. The predicted octanol–water partition coefficient (Wildman–Crippen LogP) is 19.6. The molecule has 0 aliphatic carbocycles. The number of carbonyl (C=O) groups excluding carboxylic acids is 4. The van der Waals surface area contributed by atoms with Gasteiger partial charge in [0.05, 0.1) is 26.4 Å². The van der Waals surface area contributed by atoms with Crippen LogP contribution in [0, 0.1) is 11.8 Å². The maximum absolute atomic E-state index is 13.0. The van der Waals surface area contributed by atoms with Crippen molar-refractivity contribution in [2.75, 3.05) is 39.6 Å². The quantitative estimate of drug-likeness (QED) is 0.0222. The van der Waals surface area contributed by atoms with Crippen molar-refractivity contribution in [1.82, 2.24) is 0 Å². The average molecular weight is 1300 g/mol. The van der Waals surface area contributed by atoms with Crippen LogP contribution in [-0.4, -0.2) is 96.7 Å². The number of hydrogen-bond acceptors (Lipinski definition) is 15. The summed E-state index contributed by atoms with van der Waals surface area (Å²) in [6.45, 7) is 9.54. The zero-order chi connectivity index (χ0) is 65.0. The summed E-state index contributed by atoms with van der Waals surface area (Å²) in [5.41, 5.74) is 0. The number of phosphoric acid groups is 2. The summed E-state index contributed by atoms with van der Waals surface area (Å²) in [6.07, 6.45) is 45.6. The van der Waals surface area contributed by atoms with Gasteiger partial charge in [0, 0.05) is 25.7 Å². The van der Waals surface area contributed by atoms with Gasteiger partial charge in [0.15, 0.2) is 12.2 Å². The molecule has 0 saturated carbocycles. The molecule has 0 saturated heterocycles. The van der Waals surface area contributed by atoms with Crippen molar-refractivity contribution in [2.45, 2.75) is 368 Å². The van der Waals surface area contributed by atoms with Crippen LogP contribution in [0.4, 0.5) is 0 Å². The predicted molar refractivity (Wildman–Crippen MR) is 354 cm³/mol. The molecule has 0 amide bonds. The Kier molecular flexibility index (Phi) is 59.9. The van der Waals surface area contributed by atoms with Gasteiger partial charge in [-0.2, -0.15) is 0 Å². The Hall–Kier alpha value is -1.94. The van der Waals surface area contributed by atoms with E-state index in [4.69, 9.17) is 37.0 Å². The molecule has 88 heavy (non-hydrogen) atoms. The number of rotatable bonds is 68. The summed E-state index contributed by atoms with van der Waals surface area (Å²) in [5, 5.41) is 10.6. The van der Waals surface area contributed by atoms with Crippen molar-refractivity contribution in [3.63, 3.8) is 0 Å². The van der Waals surface area contributed by atoms with Gasteiger partial charge in [0.25, 0.3) is 0 Å². The summed E-state index contributed by atoms with van der Waals surface area (Å²) in [6, 6.07) is 0. The smallest absolute Gasteiger partial charge is 0.462 e. The van der Waals surface area contributed by atoms with Crippen molar-refractivity contribution in [1.29, 1.82) is 0 Å². The molecule has 0 heterocycles. The van der Waals surface area contributed by atoms with E-state index in [1.165, 1.54) is 167 Å². The Bertz CT molecular complexity index is 1720. The third-order valence-electron chi connectivity index (χ3n) is 16.3. The fourth-order valence-corrected chi connectivity index (χ4v) is 12.0. The Morgan fingerprint density at radius 2 is 0.580 bits per heavy atom. The fraction of sp³-hybridized carbons (Fsp3) is 0.942. The highest BCUT2D eigenvalue weighted by Gasteiger charge is 2.30. The molecule has 0 aliphatic heterocycles. The molecule has 6 atom stereocenters. The van der Waals surface area contributed by atoms with Crippen LogP contribution >= 0.6 is 15.6 Å². The monoisotopic (exact) mass is 1300 g/mol. The number of hydrogen-bond donors (Lipinski definition) is 3. The Labute approximate surface area is 537 Å². The topological polar surface area (TPSA) is 237 Å². The van der Waals surface area contributed by atoms with E-state index < -0.39 is 97.5 Å². The highest BCUT2D eigenvalue weighted by molar-refractivity contribution is 7.47. The molecular weight excluding hydrogens is 1160 g/mol. The Morgan fingerprint density at radius 1 is 0.330 bits per heavy atom. The molecule has 19 heteroatoms. The lowest BCUT2D eigenvalue weighted by Crippen LogP contribution is -2.30. The molecular formula is C69H134O17P2. The van der Waals surface area contributed by atoms with Crippen molar-refractivity contribution >= 4 is 39.5 Å².